The van der Waals surface area contributed by atoms with E-state index in [0.29, 0.717) is 11.5 Å². The van der Waals surface area contributed by atoms with Crippen LogP contribution in [0.15, 0.2) is 48.5 Å². The Hall–Kier alpha value is -4.15. The fraction of sp³-hybridized carbons (Fsp3) is 0.0588. The van der Waals surface area contributed by atoms with Gasteiger partial charge in [0, 0.05) is 17.7 Å². The van der Waals surface area contributed by atoms with E-state index in [1.54, 1.807) is 6.92 Å². The first kappa shape index (κ1) is 18.6. The maximum absolute atomic E-state index is 13.0. The van der Waals surface area contributed by atoms with E-state index in [1.807, 2.05) is 0 Å². The van der Waals surface area contributed by atoms with Crippen LogP contribution in [0.1, 0.15) is 26.8 Å². The zero-order valence-electron chi connectivity index (χ0n) is 14.4. The van der Waals surface area contributed by atoms with E-state index in [1.165, 1.54) is 47.1 Å². The summed E-state index contributed by atoms with van der Waals surface area (Å²) >= 11 is 0. The van der Waals surface area contributed by atoms with Gasteiger partial charge in [-0.15, -0.1) is 5.10 Å². The van der Waals surface area contributed by atoms with Gasteiger partial charge in [0.1, 0.15) is 11.6 Å². The number of nitrogens with one attached hydrogen (secondary N) is 2. The van der Waals surface area contributed by atoms with Crippen LogP contribution >= 0.6 is 0 Å². The second-order valence-electron chi connectivity index (χ2n) is 5.59. The lowest BCUT2D eigenvalue weighted by molar-refractivity contribution is -0.384. The summed E-state index contributed by atoms with van der Waals surface area (Å²) in [4.78, 5) is 38.4. The third kappa shape index (κ3) is 3.98. The Morgan fingerprint density at radius 2 is 1.79 bits per heavy atom. The first-order valence-corrected chi connectivity index (χ1v) is 7.90. The molecule has 0 saturated heterocycles. The number of non-ortho nitro benzene ring substituents is 1. The molecule has 0 aliphatic rings. The number of nitro groups is 1. The molecule has 0 radical (unpaired) electrons. The van der Waals surface area contributed by atoms with E-state index in [-0.39, 0.29) is 17.1 Å². The Bertz CT molecular complexity index is 1060. The van der Waals surface area contributed by atoms with Crippen LogP contribution in [-0.2, 0) is 0 Å². The van der Waals surface area contributed by atoms with E-state index in [4.69, 9.17) is 0 Å². The lowest BCUT2D eigenvalue weighted by Crippen LogP contribution is -2.42. The number of carbonyl (C=O) groups excluding carboxylic acids is 2. The molecular formula is C17H13FN6O4. The zero-order chi connectivity index (χ0) is 20.3. The molecule has 28 heavy (non-hydrogen) atoms. The number of rotatable bonds is 4. The van der Waals surface area contributed by atoms with Crippen LogP contribution in [0.3, 0.4) is 0 Å². The van der Waals surface area contributed by atoms with Crippen molar-refractivity contribution in [2.45, 2.75) is 6.92 Å². The fourth-order valence-corrected chi connectivity index (χ4v) is 2.32. The monoisotopic (exact) mass is 384 g/mol. The molecule has 3 rings (SSSR count). The van der Waals surface area contributed by atoms with Crippen LogP contribution < -0.4 is 10.9 Å². The van der Waals surface area contributed by atoms with Gasteiger partial charge in [0.25, 0.3) is 11.6 Å². The van der Waals surface area contributed by atoms with Gasteiger partial charge in [0.2, 0.25) is 5.82 Å². The summed E-state index contributed by atoms with van der Waals surface area (Å²) in [7, 11) is 0. The average molecular weight is 384 g/mol. The van der Waals surface area contributed by atoms with Gasteiger partial charge in [-0.25, -0.2) is 14.1 Å². The number of nitro benzene ring substituents is 1. The van der Waals surface area contributed by atoms with E-state index >= 15 is 0 Å². The standard InChI is InChI=1S/C17H13FN6O4/c1-10-19-15(22-23(10)13-7-5-12(18)6-8-13)17(26)21-20-16(25)11-3-2-4-14(9-11)24(27)28/h2-9H,1H3,(H,20,25)(H,21,26). The topological polar surface area (TPSA) is 132 Å². The lowest BCUT2D eigenvalue weighted by Gasteiger charge is -2.05. The first-order chi connectivity index (χ1) is 13.3. The van der Waals surface area contributed by atoms with Gasteiger partial charge in [0.15, 0.2) is 0 Å². The van der Waals surface area contributed by atoms with Crippen molar-refractivity contribution >= 4 is 17.5 Å². The Labute approximate surface area is 157 Å². The third-order valence-electron chi connectivity index (χ3n) is 3.65. The van der Waals surface area contributed by atoms with Crippen LogP contribution in [0.25, 0.3) is 5.69 Å². The first-order valence-electron chi connectivity index (χ1n) is 7.90. The Kier molecular flexibility index (Phi) is 5.07. The third-order valence-corrected chi connectivity index (χ3v) is 3.65. The predicted octanol–water partition coefficient (Wildman–Crippen LogP) is 1.70. The van der Waals surface area contributed by atoms with E-state index in [2.05, 4.69) is 20.9 Å². The Morgan fingerprint density at radius 1 is 1.11 bits per heavy atom. The van der Waals surface area contributed by atoms with E-state index in [9.17, 15) is 24.1 Å². The minimum Gasteiger partial charge on any atom is -0.267 e. The smallest absolute Gasteiger partial charge is 0.267 e. The summed E-state index contributed by atoms with van der Waals surface area (Å²) in [6, 6.07) is 10.5. The Morgan fingerprint density at radius 3 is 2.46 bits per heavy atom. The molecule has 0 unspecified atom stereocenters. The molecule has 0 aliphatic heterocycles. The number of hydrazine groups is 1. The molecule has 2 N–H and O–H groups in total. The molecule has 0 saturated carbocycles. The fourth-order valence-electron chi connectivity index (χ4n) is 2.32. The summed E-state index contributed by atoms with van der Waals surface area (Å²) in [5.74, 6) is -1.79. The molecule has 0 bridgehead atoms. The number of halogens is 1. The quantitative estimate of drug-likeness (QED) is 0.520. The number of hydrogen-bond acceptors (Lipinski definition) is 6. The molecule has 10 nitrogen and oxygen atoms in total. The number of amides is 2. The molecule has 0 fully saturated rings. The molecule has 11 heteroatoms. The number of nitrogens with zero attached hydrogens (tertiary/aromatic N) is 4. The summed E-state index contributed by atoms with van der Waals surface area (Å²) in [5.41, 5.74) is 4.53. The van der Waals surface area contributed by atoms with Crippen LogP contribution in [0.5, 0.6) is 0 Å². The highest BCUT2D eigenvalue weighted by molar-refractivity contribution is 5.98. The van der Waals surface area contributed by atoms with Gasteiger partial charge < -0.3 is 0 Å². The number of hydrogen-bond donors (Lipinski definition) is 2. The number of benzene rings is 2. The molecule has 3 aromatic rings. The van der Waals surface area contributed by atoms with Gasteiger partial charge in [-0.05, 0) is 37.3 Å². The van der Waals surface area contributed by atoms with Gasteiger partial charge in [-0.3, -0.25) is 30.6 Å². The summed E-state index contributed by atoms with van der Waals surface area (Å²) in [6.07, 6.45) is 0. The molecule has 2 aromatic carbocycles. The van der Waals surface area contributed by atoms with Crippen molar-refractivity contribution in [2.24, 2.45) is 0 Å². The normalized spacial score (nSPS) is 10.4. The number of aryl methyl sites for hydroxylation is 1. The van der Waals surface area contributed by atoms with Crippen LogP contribution in [0, 0.1) is 22.9 Å². The van der Waals surface area contributed by atoms with Crippen molar-refractivity contribution in [3.8, 4) is 5.69 Å². The number of carbonyl (C=O) groups is 2. The van der Waals surface area contributed by atoms with Crippen LogP contribution in [0.4, 0.5) is 10.1 Å². The molecule has 0 spiro atoms. The van der Waals surface area contributed by atoms with Crippen molar-refractivity contribution in [3.05, 3.63) is 81.7 Å². The SMILES string of the molecule is Cc1nc(C(=O)NNC(=O)c2cccc([N+](=O)[O-])c2)nn1-c1ccc(F)cc1. The largest absolute Gasteiger partial charge is 0.309 e. The van der Waals surface area contributed by atoms with E-state index < -0.39 is 22.6 Å². The lowest BCUT2D eigenvalue weighted by atomic mass is 10.2. The second-order valence-corrected chi connectivity index (χ2v) is 5.59. The predicted molar refractivity (Wildman–Crippen MR) is 94.1 cm³/mol. The number of aromatic nitrogens is 3. The maximum atomic E-state index is 13.0. The summed E-state index contributed by atoms with van der Waals surface area (Å²) in [5, 5.41) is 14.8. The molecule has 0 atom stereocenters. The highest BCUT2D eigenvalue weighted by Gasteiger charge is 2.17. The minimum absolute atomic E-state index is 0.00418. The van der Waals surface area contributed by atoms with Crippen molar-refractivity contribution < 1.29 is 18.9 Å². The van der Waals surface area contributed by atoms with Gasteiger partial charge in [-0.1, -0.05) is 6.07 Å². The second kappa shape index (κ2) is 7.61. The average Bonchev–Trinajstić information content (AvgIpc) is 3.08. The van der Waals surface area contributed by atoms with Gasteiger partial charge in [-0.2, -0.15) is 0 Å². The van der Waals surface area contributed by atoms with Crippen LogP contribution in [-0.4, -0.2) is 31.5 Å². The molecule has 1 aromatic heterocycles. The van der Waals surface area contributed by atoms with Crippen LogP contribution in [0.2, 0.25) is 0 Å². The van der Waals surface area contributed by atoms with Crippen molar-refractivity contribution in [3.63, 3.8) is 0 Å². The maximum Gasteiger partial charge on any atom is 0.309 e. The van der Waals surface area contributed by atoms with E-state index in [0.717, 1.165) is 6.07 Å². The molecule has 0 aliphatic carbocycles. The molecular weight excluding hydrogens is 371 g/mol. The zero-order valence-corrected chi connectivity index (χ0v) is 14.4. The highest BCUT2D eigenvalue weighted by atomic mass is 19.1. The summed E-state index contributed by atoms with van der Waals surface area (Å²) < 4.78 is 14.4. The molecule has 1 heterocycles. The van der Waals surface area contributed by atoms with Gasteiger partial charge in [0.05, 0.1) is 10.6 Å². The van der Waals surface area contributed by atoms with Gasteiger partial charge >= 0.3 is 5.91 Å². The highest BCUT2D eigenvalue weighted by Crippen LogP contribution is 2.13. The molecule has 2 amide bonds. The Balaban J connectivity index is 1.69. The van der Waals surface area contributed by atoms with Crippen molar-refractivity contribution in [2.75, 3.05) is 0 Å². The van der Waals surface area contributed by atoms with Crippen molar-refractivity contribution in [1.29, 1.82) is 0 Å². The minimum atomic E-state index is -0.789. The van der Waals surface area contributed by atoms with Crippen molar-refractivity contribution in [1.82, 2.24) is 25.6 Å². The summed E-state index contributed by atoms with van der Waals surface area (Å²) in [6.45, 7) is 1.61. The molecule has 142 valence electrons.